The number of nitrogens with two attached hydrogens (primary N) is 2. The van der Waals surface area contributed by atoms with Crippen LogP contribution in [-0.2, 0) is 28.0 Å². The molecule has 1 unspecified atom stereocenters. The summed E-state index contributed by atoms with van der Waals surface area (Å²) in [6.07, 6.45) is -0.884. The van der Waals surface area contributed by atoms with Crippen LogP contribution in [0.15, 0.2) is 0 Å². The van der Waals surface area contributed by atoms with Crippen molar-refractivity contribution in [1.29, 1.82) is 5.41 Å². The zero-order chi connectivity index (χ0) is 16.8. The molecule has 0 saturated heterocycles. The van der Waals surface area contributed by atoms with Crippen LogP contribution in [0, 0.1) is 5.41 Å². The van der Waals surface area contributed by atoms with E-state index in [0.717, 1.165) is 4.90 Å². The second-order valence-corrected chi connectivity index (χ2v) is 5.09. The van der Waals surface area contributed by atoms with Crippen molar-refractivity contribution in [3.63, 3.8) is 0 Å². The number of phosphoric ester groups is 1. The predicted molar refractivity (Wildman–Crippen MR) is 82.5 cm³/mol. The summed E-state index contributed by atoms with van der Waals surface area (Å²) < 4.78 is 19.3. The molecule has 0 radical (unpaired) electrons. The van der Waals surface area contributed by atoms with Gasteiger partial charge in [0.25, 0.3) is 0 Å². The molecule has 0 spiro atoms. The number of aliphatic carboxylic acids is 1. The van der Waals surface area contributed by atoms with Crippen molar-refractivity contribution in [3.8, 4) is 0 Å². The van der Waals surface area contributed by atoms with Gasteiger partial charge in [0.1, 0.15) is 12.6 Å². The number of carbonyl (C=O) groups excluding carboxylic acids is 2. The van der Waals surface area contributed by atoms with E-state index in [9.17, 15) is 18.9 Å². The fraction of sp³-hybridized carbons (Fsp3) is 0.500. The van der Waals surface area contributed by atoms with Crippen molar-refractivity contribution in [2.45, 2.75) is 12.5 Å². The molecule has 2 atom stereocenters. The van der Waals surface area contributed by atoms with Gasteiger partial charge >= 0.3 is 78.3 Å². The van der Waals surface area contributed by atoms with Gasteiger partial charge in [0, 0.05) is 7.05 Å². The van der Waals surface area contributed by atoms with Crippen LogP contribution in [0.5, 0.6) is 0 Å². The van der Waals surface area contributed by atoms with E-state index in [4.69, 9.17) is 26.9 Å². The number of hydrogen-bond donors (Lipinski definition) is 5. The monoisotopic (exact) mass is 376 g/mol. The zero-order valence-electron chi connectivity index (χ0n) is 10.9. The predicted octanol–water partition coefficient (Wildman–Crippen LogP) is -3.76. The number of carboxylic acids is 1. The summed E-state index contributed by atoms with van der Waals surface area (Å²) in [4.78, 5) is 42.8. The summed E-state index contributed by atoms with van der Waals surface area (Å²) in [5, 5.41) is 15.4. The van der Waals surface area contributed by atoms with E-state index in [1.807, 2.05) is 0 Å². The van der Waals surface area contributed by atoms with Crippen LogP contribution in [0.3, 0.4) is 0 Å². The summed E-state index contributed by atoms with van der Waals surface area (Å²) in [5.74, 6) is -4.72. The quantitative estimate of drug-likeness (QED) is 0.126. The summed E-state index contributed by atoms with van der Waals surface area (Å²) in [7, 11) is -3.82. The van der Waals surface area contributed by atoms with Gasteiger partial charge in [-0.05, 0) is 0 Å². The van der Waals surface area contributed by atoms with Crippen LogP contribution in [0.2, 0.25) is 0 Å². The van der Waals surface area contributed by atoms with Crippen molar-refractivity contribution < 1.29 is 38.0 Å². The Morgan fingerprint density at radius 3 is 2.13 bits per heavy atom. The van der Waals surface area contributed by atoms with E-state index in [0.29, 0.717) is 0 Å². The zero-order valence-corrected chi connectivity index (χ0v) is 11.8. The van der Waals surface area contributed by atoms with Crippen LogP contribution < -0.4 is 11.5 Å². The van der Waals surface area contributed by atoms with Gasteiger partial charge in [-0.15, -0.1) is 0 Å². The number of nitrogens with one attached hydrogen (secondary N) is 1. The number of phosphoric acid groups is 1. The summed E-state index contributed by atoms with van der Waals surface area (Å²) in [6, 6.07) is -1.63. The third-order valence-electron chi connectivity index (χ3n) is 1.92. The Kier molecular flexibility index (Phi) is 14.4. The number of rotatable bonds is 7. The molecule has 0 bridgehead atoms. The van der Waals surface area contributed by atoms with Crippen LogP contribution >= 0.6 is 7.82 Å². The molecule has 0 aromatic rings. The number of carboxylic acid groups (broad SMARTS) is 1. The van der Waals surface area contributed by atoms with Gasteiger partial charge in [0.2, 0.25) is 0 Å². The van der Waals surface area contributed by atoms with Crippen molar-refractivity contribution in [3.05, 3.63) is 0 Å². The van der Waals surface area contributed by atoms with Crippen molar-refractivity contribution >= 4 is 84.3 Å². The summed E-state index contributed by atoms with van der Waals surface area (Å²) >= 11 is 0. The number of carbonyl (C=O) groups is 3. The molecule has 23 heavy (non-hydrogen) atoms. The second kappa shape index (κ2) is 12.0. The normalized spacial score (nSPS) is 13.2. The maximum absolute atomic E-state index is 11.3. The topological polar surface area (TPSA) is 206 Å². The molecule has 0 aliphatic heterocycles. The molecule has 15 heteroatoms. The number of likely N-dealkylation sites (N-methyl/N-ethyl adjacent to an activating group) is 1. The summed E-state index contributed by atoms with van der Waals surface area (Å²) in [5.41, 5.74) is 10.0. The molecule has 126 valence electrons. The molecule has 0 aromatic heterocycles. The average molecular weight is 377 g/mol. The van der Waals surface area contributed by atoms with Crippen molar-refractivity contribution in [2.75, 3.05) is 13.6 Å². The summed E-state index contributed by atoms with van der Waals surface area (Å²) in [6.45, 7) is -0.633. The first-order chi connectivity index (χ1) is 9.44. The molecular weight excluding hydrogens is 358 g/mol. The average Bonchev–Trinajstić information content (AvgIpc) is 2.25. The van der Waals surface area contributed by atoms with E-state index in [2.05, 4.69) is 9.05 Å². The van der Waals surface area contributed by atoms with E-state index in [1.165, 1.54) is 7.05 Å². The van der Waals surface area contributed by atoms with Crippen LogP contribution in [-0.4, -0.2) is 111 Å². The molecule has 0 saturated carbocycles. The van der Waals surface area contributed by atoms with Gasteiger partial charge in [-0.25, -0.2) is 9.36 Å². The number of guanidine groups is 1. The fourth-order valence-corrected chi connectivity index (χ4v) is 1.57. The second-order valence-electron chi connectivity index (χ2n) is 3.79. The maximum atomic E-state index is 11.3. The Labute approximate surface area is 169 Å². The molecule has 0 fully saturated rings. The molecular formula is C8H18MgN4NaO8P. The minimum atomic E-state index is -5.06. The molecule has 0 aromatic carbocycles. The van der Waals surface area contributed by atoms with Gasteiger partial charge in [0.15, 0.2) is 5.96 Å². The first kappa shape index (κ1) is 27.4. The van der Waals surface area contributed by atoms with Crippen molar-refractivity contribution in [1.82, 2.24) is 4.90 Å². The first-order valence-electron chi connectivity index (χ1n) is 5.26. The Balaban J connectivity index is -0.00000200. The molecule has 0 heterocycles. The van der Waals surface area contributed by atoms with E-state index in [-0.39, 0.29) is 52.6 Å². The Morgan fingerprint density at radius 1 is 1.30 bits per heavy atom. The molecule has 0 rings (SSSR count). The Morgan fingerprint density at radius 2 is 1.74 bits per heavy atom. The van der Waals surface area contributed by atoms with Gasteiger partial charge < -0.3 is 30.5 Å². The molecule has 0 aliphatic rings. The van der Waals surface area contributed by atoms with Crippen LogP contribution in [0.25, 0.3) is 0 Å². The van der Waals surface area contributed by atoms with E-state index < -0.39 is 50.7 Å². The van der Waals surface area contributed by atoms with Crippen molar-refractivity contribution in [2.24, 2.45) is 11.5 Å². The van der Waals surface area contributed by atoms with E-state index >= 15 is 0 Å². The standard InChI is InChI=1S/C8H15N4O8P.Mg.Na.3H/c1-12(8(10)11)3-6(14)20-21(17,18)19-5(13)2-4(9)7(15)16;;;;;/h4H,2-3,9H2,1H3,(H3,10,11)(H,15,16)(H,17,18);;;;;/t4-;;;;;/m0...../s1. The fourth-order valence-electron chi connectivity index (χ4n) is 0.888. The minimum absolute atomic E-state index is 0. The van der Waals surface area contributed by atoms with Gasteiger partial charge in [-0.1, -0.05) is 0 Å². The SMILES string of the molecule is CN(CC(=O)OP(=O)(O)OC(=O)C[C@H](N)C(=O)O)C(=N)N.[MgH2].[NaH]. The first-order valence-corrected chi connectivity index (χ1v) is 6.75. The van der Waals surface area contributed by atoms with Crippen LogP contribution in [0.4, 0.5) is 0 Å². The van der Waals surface area contributed by atoms with Gasteiger partial charge in [-0.3, -0.25) is 19.9 Å². The Hall–Kier alpha value is -0.404. The molecule has 12 nitrogen and oxygen atoms in total. The van der Waals surface area contributed by atoms with Crippen LogP contribution in [0.1, 0.15) is 6.42 Å². The Bertz CT molecular complexity index is 466. The van der Waals surface area contributed by atoms with Gasteiger partial charge in [0.05, 0.1) is 6.42 Å². The molecule has 0 aliphatic carbocycles. The third-order valence-corrected chi connectivity index (χ3v) is 2.78. The van der Waals surface area contributed by atoms with E-state index in [1.54, 1.807) is 0 Å². The third kappa shape index (κ3) is 12.7. The number of hydrogen-bond acceptors (Lipinski definition) is 8. The number of nitrogens with zero attached hydrogens (tertiary/aromatic N) is 1. The molecule has 7 N–H and O–H groups in total. The molecule has 0 amide bonds. The van der Waals surface area contributed by atoms with Gasteiger partial charge in [-0.2, -0.15) is 0 Å².